The van der Waals surface area contributed by atoms with Crippen molar-refractivity contribution in [2.45, 2.75) is 13.3 Å². The Labute approximate surface area is 121 Å². The zero-order valence-electron chi connectivity index (χ0n) is 11.1. The second kappa shape index (κ2) is 5.09. The number of hydrogen-bond donors (Lipinski definition) is 1. The molecule has 3 rings (SSSR count). The quantitative estimate of drug-likeness (QED) is 0.923. The van der Waals surface area contributed by atoms with Gasteiger partial charge in [0.1, 0.15) is 0 Å². The molecular formula is C15H14N2O2S. The molecule has 0 bridgehead atoms. The summed E-state index contributed by atoms with van der Waals surface area (Å²) in [4.78, 5) is 26.3. The molecule has 1 aliphatic heterocycles. The Bertz CT molecular complexity index is 665. The molecule has 0 unspecified atom stereocenters. The van der Waals surface area contributed by atoms with Crippen LogP contribution in [0.25, 0.3) is 0 Å². The number of nitrogens with zero attached hydrogens (tertiary/aromatic N) is 1. The number of benzene rings is 1. The van der Waals surface area contributed by atoms with Gasteiger partial charge in [0.15, 0.2) is 0 Å². The van der Waals surface area contributed by atoms with Gasteiger partial charge in [-0.05, 0) is 29.5 Å². The zero-order valence-corrected chi connectivity index (χ0v) is 11.9. The van der Waals surface area contributed by atoms with E-state index in [1.54, 1.807) is 6.07 Å². The number of rotatable bonds is 2. The fourth-order valence-electron chi connectivity index (χ4n) is 2.44. The minimum Gasteiger partial charge on any atom is -0.383 e. The minimum absolute atomic E-state index is 0.269. The maximum Gasteiger partial charge on any atom is 0.275 e. The molecule has 0 saturated carbocycles. The number of carbonyl (C=O) groups excluding carboxylic acids is 2. The second-order valence-corrected chi connectivity index (χ2v) is 5.57. The summed E-state index contributed by atoms with van der Waals surface area (Å²) in [7, 11) is 0. The number of imide groups is 1. The molecule has 5 heteroatoms. The molecule has 0 aliphatic carbocycles. The lowest BCUT2D eigenvalue weighted by molar-refractivity contribution is -0.115. The SMILES string of the molecule is CC(=O)N(C(=O)c1cccs1)c1cccc2c1NCC2. The van der Waals surface area contributed by atoms with Gasteiger partial charge >= 0.3 is 0 Å². The minimum atomic E-state index is -0.273. The van der Waals surface area contributed by atoms with Crippen LogP contribution in [0.15, 0.2) is 35.7 Å². The third kappa shape index (κ3) is 2.10. The van der Waals surface area contributed by atoms with Gasteiger partial charge in [-0.1, -0.05) is 18.2 Å². The average Bonchev–Trinajstić information content (AvgIpc) is 3.10. The van der Waals surface area contributed by atoms with Crippen LogP contribution in [-0.4, -0.2) is 18.4 Å². The molecule has 102 valence electrons. The predicted molar refractivity (Wildman–Crippen MR) is 80.4 cm³/mol. The molecule has 0 fully saturated rings. The first-order valence-corrected chi connectivity index (χ1v) is 7.31. The van der Waals surface area contributed by atoms with Gasteiger partial charge in [-0.3, -0.25) is 9.59 Å². The number of thiophene rings is 1. The van der Waals surface area contributed by atoms with E-state index >= 15 is 0 Å². The monoisotopic (exact) mass is 286 g/mol. The molecule has 1 aromatic carbocycles. The van der Waals surface area contributed by atoms with Crippen LogP contribution in [-0.2, 0) is 11.2 Å². The van der Waals surface area contributed by atoms with Gasteiger partial charge in [0.25, 0.3) is 5.91 Å². The summed E-state index contributed by atoms with van der Waals surface area (Å²) in [6.45, 7) is 2.26. The van der Waals surface area contributed by atoms with Crippen LogP contribution in [0.5, 0.6) is 0 Å². The third-order valence-corrected chi connectivity index (χ3v) is 4.17. The Balaban J connectivity index is 2.06. The van der Waals surface area contributed by atoms with Crippen LogP contribution in [0.4, 0.5) is 11.4 Å². The van der Waals surface area contributed by atoms with Crippen molar-refractivity contribution < 1.29 is 9.59 Å². The lowest BCUT2D eigenvalue weighted by Gasteiger charge is -2.21. The Kier molecular flexibility index (Phi) is 3.28. The van der Waals surface area contributed by atoms with Crippen LogP contribution >= 0.6 is 11.3 Å². The van der Waals surface area contributed by atoms with Crippen LogP contribution in [0.2, 0.25) is 0 Å². The topological polar surface area (TPSA) is 49.4 Å². The number of fused-ring (bicyclic) bond motifs is 1. The van der Waals surface area contributed by atoms with E-state index in [2.05, 4.69) is 5.32 Å². The van der Waals surface area contributed by atoms with Gasteiger partial charge < -0.3 is 5.32 Å². The highest BCUT2D eigenvalue weighted by Gasteiger charge is 2.27. The Morgan fingerprint density at radius 3 is 2.80 bits per heavy atom. The van der Waals surface area contributed by atoms with Crippen molar-refractivity contribution in [2.24, 2.45) is 0 Å². The maximum atomic E-state index is 12.5. The number of amides is 2. The lowest BCUT2D eigenvalue weighted by atomic mass is 10.1. The second-order valence-electron chi connectivity index (χ2n) is 4.62. The summed E-state index contributed by atoms with van der Waals surface area (Å²) in [6, 6.07) is 9.26. The van der Waals surface area contributed by atoms with Crippen molar-refractivity contribution in [2.75, 3.05) is 16.8 Å². The summed E-state index contributed by atoms with van der Waals surface area (Å²) in [6.07, 6.45) is 0.919. The molecule has 0 saturated heterocycles. The summed E-state index contributed by atoms with van der Waals surface area (Å²) >= 11 is 1.34. The van der Waals surface area contributed by atoms with Gasteiger partial charge in [0, 0.05) is 13.5 Å². The Hall–Kier alpha value is -2.14. The van der Waals surface area contributed by atoms with E-state index in [4.69, 9.17) is 0 Å². The third-order valence-electron chi connectivity index (χ3n) is 3.32. The van der Waals surface area contributed by atoms with E-state index in [9.17, 15) is 9.59 Å². The fraction of sp³-hybridized carbons (Fsp3) is 0.200. The fourth-order valence-corrected chi connectivity index (χ4v) is 3.09. The number of anilines is 2. The highest BCUT2D eigenvalue weighted by molar-refractivity contribution is 7.12. The average molecular weight is 286 g/mol. The van der Waals surface area contributed by atoms with Crippen molar-refractivity contribution >= 4 is 34.5 Å². The molecule has 1 aliphatic rings. The summed E-state index contributed by atoms with van der Waals surface area (Å²) in [5.41, 5.74) is 2.69. The highest BCUT2D eigenvalue weighted by Crippen LogP contribution is 2.34. The first-order chi connectivity index (χ1) is 9.68. The standard InChI is InChI=1S/C15H14N2O2S/c1-10(18)17(15(19)13-6-3-9-20-13)12-5-2-4-11-7-8-16-14(11)12/h2-6,9,16H,7-8H2,1H3. The van der Waals surface area contributed by atoms with Gasteiger partial charge in [0.05, 0.1) is 16.3 Å². The van der Waals surface area contributed by atoms with Crippen molar-refractivity contribution in [3.63, 3.8) is 0 Å². The van der Waals surface area contributed by atoms with E-state index < -0.39 is 0 Å². The molecule has 0 spiro atoms. The molecule has 1 aromatic heterocycles. The zero-order chi connectivity index (χ0) is 14.1. The highest BCUT2D eigenvalue weighted by atomic mass is 32.1. The largest absolute Gasteiger partial charge is 0.383 e. The normalized spacial score (nSPS) is 12.7. The van der Waals surface area contributed by atoms with Crippen molar-refractivity contribution in [3.8, 4) is 0 Å². The first kappa shape index (κ1) is 12.9. The van der Waals surface area contributed by atoms with Gasteiger partial charge in [-0.25, -0.2) is 4.90 Å². The van der Waals surface area contributed by atoms with Crippen molar-refractivity contribution in [3.05, 3.63) is 46.2 Å². The maximum absolute atomic E-state index is 12.5. The molecule has 0 atom stereocenters. The van der Waals surface area contributed by atoms with Crippen LogP contribution in [0, 0.1) is 0 Å². The van der Waals surface area contributed by atoms with Gasteiger partial charge in [-0.2, -0.15) is 0 Å². The van der Waals surface area contributed by atoms with E-state index in [1.165, 1.54) is 23.2 Å². The number of hydrogen-bond acceptors (Lipinski definition) is 4. The molecular weight excluding hydrogens is 272 g/mol. The number of para-hydroxylation sites is 1. The Morgan fingerprint density at radius 2 is 2.10 bits per heavy atom. The number of carbonyl (C=O) groups is 2. The van der Waals surface area contributed by atoms with Crippen LogP contribution in [0.3, 0.4) is 0 Å². The smallest absolute Gasteiger partial charge is 0.275 e. The molecule has 2 aromatic rings. The molecule has 2 heterocycles. The summed E-state index contributed by atoms with van der Waals surface area (Å²) in [5, 5.41) is 5.09. The number of nitrogens with one attached hydrogen (secondary N) is 1. The molecule has 4 nitrogen and oxygen atoms in total. The van der Waals surface area contributed by atoms with E-state index in [0.29, 0.717) is 10.6 Å². The lowest BCUT2D eigenvalue weighted by Crippen LogP contribution is -2.35. The van der Waals surface area contributed by atoms with Crippen molar-refractivity contribution in [1.29, 1.82) is 0 Å². The van der Waals surface area contributed by atoms with Gasteiger partial charge in [0.2, 0.25) is 5.91 Å². The molecule has 0 radical (unpaired) electrons. The summed E-state index contributed by atoms with van der Waals surface area (Å²) in [5.74, 6) is -0.542. The first-order valence-electron chi connectivity index (χ1n) is 6.43. The van der Waals surface area contributed by atoms with E-state index in [0.717, 1.165) is 24.2 Å². The van der Waals surface area contributed by atoms with Crippen molar-refractivity contribution in [1.82, 2.24) is 0 Å². The van der Waals surface area contributed by atoms with E-state index in [1.807, 2.05) is 29.6 Å². The predicted octanol–water partition coefficient (Wildman–Crippen LogP) is 2.91. The van der Waals surface area contributed by atoms with Crippen LogP contribution in [0.1, 0.15) is 22.2 Å². The van der Waals surface area contributed by atoms with E-state index in [-0.39, 0.29) is 11.8 Å². The van der Waals surface area contributed by atoms with Crippen LogP contribution < -0.4 is 10.2 Å². The molecule has 20 heavy (non-hydrogen) atoms. The summed E-state index contributed by atoms with van der Waals surface area (Å²) < 4.78 is 0. The van der Waals surface area contributed by atoms with Gasteiger partial charge in [-0.15, -0.1) is 11.3 Å². The molecule has 2 amide bonds. The molecule has 1 N–H and O–H groups in total. The Morgan fingerprint density at radius 1 is 1.25 bits per heavy atom.